The predicted octanol–water partition coefficient (Wildman–Crippen LogP) is 3.05. The Hall–Kier alpha value is -1.47. The molecule has 0 spiro atoms. The van der Waals surface area contributed by atoms with Crippen LogP contribution in [-0.2, 0) is 17.8 Å². The highest BCUT2D eigenvalue weighted by Crippen LogP contribution is 2.36. The zero-order valence-corrected chi connectivity index (χ0v) is 14.1. The van der Waals surface area contributed by atoms with E-state index in [9.17, 15) is 0 Å². The zero-order chi connectivity index (χ0) is 15.6. The Kier molecular flexibility index (Phi) is 4.31. The molecule has 3 heterocycles. The average Bonchev–Trinajstić information content (AvgIpc) is 3.17. The van der Waals surface area contributed by atoms with E-state index in [-0.39, 0.29) is 6.10 Å². The van der Waals surface area contributed by atoms with Gasteiger partial charge in [0.05, 0.1) is 24.3 Å². The van der Waals surface area contributed by atoms with E-state index in [4.69, 9.17) is 16.3 Å². The minimum absolute atomic E-state index is 0.138. The van der Waals surface area contributed by atoms with Crippen molar-refractivity contribution in [1.29, 1.82) is 0 Å². The molecule has 3 aromatic rings. The lowest BCUT2D eigenvalue weighted by Crippen LogP contribution is -2.43. The third-order valence-electron chi connectivity index (χ3n) is 4.05. The Bertz CT molecular complexity index is 789. The molecule has 1 atom stereocenters. The number of hydrogen-bond acceptors (Lipinski definition) is 5. The van der Waals surface area contributed by atoms with Gasteiger partial charge in [-0.1, -0.05) is 29.8 Å². The fourth-order valence-electron chi connectivity index (χ4n) is 2.94. The van der Waals surface area contributed by atoms with Gasteiger partial charge >= 0.3 is 0 Å². The molecule has 0 aliphatic carbocycles. The normalized spacial score (nSPS) is 19.4. The van der Waals surface area contributed by atoms with Crippen molar-refractivity contribution in [2.75, 3.05) is 19.7 Å². The largest absolute Gasteiger partial charge is 0.374 e. The van der Waals surface area contributed by atoms with Crippen LogP contribution in [0.3, 0.4) is 0 Å². The summed E-state index contributed by atoms with van der Waals surface area (Å²) in [5.41, 5.74) is 0. The highest BCUT2D eigenvalue weighted by Gasteiger charge is 2.23. The van der Waals surface area contributed by atoms with Crippen molar-refractivity contribution < 1.29 is 4.74 Å². The quantitative estimate of drug-likeness (QED) is 0.727. The second-order valence-electron chi connectivity index (χ2n) is 5.68. The van der Waals surface area contributed by atoms with Crippen LogP contribution in [-0.4, -0.2) is 45.5 Å². The molecule has 4 rings (SSSR count). The van der Waals surface area contributed by atoms with Crippen LogP contribution < -0.4 is 0 Å². The SMILES string of the molecule is Clc1c(CN2CCO[C@H](Cn3cncn3)C2)sc2ccccc12. The lowest BCUT2D eigenvalue weighted by atomic mass is 10.2. The summed E-state index contributed by atoms with van der Waals surface area (Å²) in [5, 5.41) is 6.20. The number of thiophene rings is 1. The molecule has 1 aliphatic rings. The maximum absolute atomic E-state index is 6.56. The van der Waals surface area contributed by atoms with Crippen molar-refractivity contribution in [2.45, 2.75) is 19.2 Å². The number of aromatic nitrogens is 3. The van der Waals surface area contributed by atoms with Gasteiger partial charge in [-0.15, -0.1) is 11.3 Å². The Morgan fingerprint density at radius 3 is 3.09 bits per heavy atom. The molecule has 7 heteroatoms. The molecule has 0 saturated carbocycles. The number of rotatable bonds is 4. The van der Waals surface area contributed by atoms with Crippen LogP contribution in [0.5, 0.6) is 0 Å². The van der Waals surface area contributed by atoms with Gasteiger partial charge in [-0.2, -0.15) is 5.10 Å². The standard InChI is InChI=1S/C16H17ClN4OS/c17-16-13-3-1-2-4-14(13)23-15(16)9-20-5-6-22-12(7-20)8-21-11-18-10-19-21/h1-4,10-12H,5-9H2/t12-/m0/s1. The molecule has 1 fully saturated rings. The van der Waals surface area contributed by atoms with Gasteiger partial charge in [0.1, 0.15) is 12.7 Å². The van der Waals surface area contributed by atoms with E-state index in [1.807, 2.05) is 10.7 Å². The van der Waals surface area contributed by atoms with E-state index in [0.717, 1.165) is 43.2 Å². The summed E-state index contributed by atoms with van der Waals surface area (Å²) in [6.45, 7) is 4.15. The zero-order valence-electron chi connectivity index (χ0n) is 12.6. The minimum atomic E-state index is 0.138. The third kappa shape index (κ3) is 3.26. The van der Waals surface area contributed by atoms with Crippen LogP contribution in [0.1, 0.15) is 4.88 Å². The van der Waals surface area contributed by atoms with E-state index >= 15 is 0 Å². The molecule has 0 N–H and O–H groups in total. The molecular formula is C16H17ClN4OS. The number of benzene rings is 1. The summed E-state index contributed by atoms with van der Waals surface area (Å²) in [4.78, 5) is 7.61. The van der Waals surface area contributed by atoms with Crippen LogP contribution in [0.15, 0.2) is 36.9 Å². The first-order chi connectivity index (χ1) is 11.3. The molecule has 1 aliphatic heterocycles. The van der Waals surface area contributed by atoms with Crippen LogP contribution >= 0.6 is 22.9 Å². The first kappa shape index (κ1) is 15.1. The Morgan fingerprint density at radius 2 is 2.26 bits per heavy atom. The van der Waals surface area contributed by atoms with Crippen LogP contribution in [0.2, 0.25) is 5.02 Å². The minimum Gasteiger partial charge on any atom is -0.374 e. The fraction of sp³-hybridized carbons (Fsp3) is 0.375. The topological polar surface area (TPSA) is 43.2 Å². The van der Waals surface area contributed by atoms with Crippen molar-refractivity contribution >= 4 is 33.0 Å². The van der Waals surface area contributed by atoms with E-state index in [0.29, 0.717) is 0 Å². The average molecular weight is 349 g/mol. The molecule has 120 valence electrons. The molecule has 0 unspecified atom stereocenters. The summed E-state index contributed by atoms with van der Waals surface area (Å²) in [7, 11) is 0. The summed E-state index contributed by atoms with van der Waals surface area (Å²) < 4.78 is 8.92. The van der Waals surface area contributed by atoms with E-state index in [1.165, 1.54) is 9.58 Å². The smallest absolute Gasteiger partial charge is 0.137 e. The molecule has 0 amide bonds. The number of nitrogens with zero attached hydrogens (tertiary/aromatic N) is 4. The van der Waals surface area contributed by atoms with Crippen molar-refractivity contribution in [1.82, 2.24) is 19.7 Å². The molecule has 1 saturated heterocycles. The van der Waals surface area contributed by atoms with Gasteiger partial charge in [-0.25, -0.2) is 4.98 Å². The summed E-state index contributed by atoms with van der Waals surface area (Å²) >= 11 is 8.34. The molecule has 0 bridgehead atoms. The number of halogens is 1. The van der Waals surface area contributed by atoms with E-state index in [2.05, 4.69) is 33.2 Å². The van der Waals surface area contributed by atoms with Gasteiger partial charge in [0, 0.05) is 34.6 Å². The summed E-state index contributed by atoms with van der Waals surface area (Å²) in [6, 6.07) is 8.31. The monoisotopic (exact) mass is 348 g/mol. The third-order valence-corrected chi connectivity index (χ3v) is 5.75. The second-order valence-corrected chi connectivity index (χ2v) is 7.20. The highest BCUT2D eigenvalue weighted by atomic mass is 35.5. The molecule has 5 nitrogen and oxygen atoms in total. The van der Waals surface area contributed by atoms with Crippen molar-refractivity contribution in [3.8, 4) is 0 Å². The van der Waals surface area contributed by atoms with Crippen LogP contribution in [0, 0.1) is 0 Å². The lowest BCUT2D eigenvalue weighted by molar-refractivity contribution is -0.0399. The fourth-order valence-corrected chi connectivity index (χ4v) is 4.47. The van der Waals surface area contributed by atoms with Gasteiger partial charge in [-0.3, -0.25) is 9.58 Å². The van der Waals surface area contributed by atoms with Gasteiger partial charge in [0.25, 0.3) is 0 Å². The predicted molar refractivity (Wildman–Crippen MR) is 91.9 cm³/mol. The number of morpholine rings is 1. The molecular weight excluding hydrogens is 332 g/mol. The number of hydrogen-bond donors (Lipinski definition) is 0. The Labute approximate surface area is 143 Å². The van der Waals surface area contributed by atoms with Crippen LogP contribution in [0.4, 0.5) is 0 Å². The van der Waals surface area contributed by atoms with Crippen molar-refractivity contribution in [3.63, 3.8) is 0 Å². The van der Waals surface area contributed by atoms with E-state index in [1.54, 1.807) is 24.0 Å². The molecule has 23 heavy (non-hydrogen) atoms. The summed E-state index contributed by atoms with van der Waals surface area (Å²) in [5.74, 6) is 0. The maximum Gasteiger partial charge on any atom is 0.137 e. The first-order valence-electron chi connectivity index (χ1n) is 7.62. The van der Waals surface area contributed by atoms with Crippen molar-refractivity contribution in [2.24, 2.45) is 0 Å². The van der Waals surface area contributed by atoms with Gasteiger partial charge < -0.3 is 4.74 Å². The van der Waals surface area contributed by atoms with Crippen molar-refractivity contribution in [3.05, 3.63) is 46.8 Å². The lowest BCUT2D eigenvalue weighted by Gasteiger charge is -2.32. The maximum atomic E-state index is 6.56. The second kappa shape index (κ2) is 6.57. The summed E-state index contributed by atoms with van der Waals surface area (Å²) in [6.07, 6.45) is 3.42. The highest BCUT2D eigenvalue weighted by molar-refractivity contribution is 7.19. The molecule has 1 aromatic carbocycles. The first-order valence-corrected chi connectivity index (χ1v) is 8.81. The van der Waals surface area contributed by atoms with Gasteiger partial charge in [0.15, 0.2) is 0 Å². The Balaban J connectivity index is 1.46. The number of fused-ring (bicyclic) bond motifs is 1. The molecule has 0 radical (unpaired) electrons. The molecule has 2 aromatic heterocycles. The van der Waals surface area contributed by atoms with Gasteiger partial charge in [-0.05, 0) is 6.07 Å². The Morgan fingerprint density at radius 1 is 1.35 bits per heavy atom. The number of ether oxygens (including phenoxy) is 1. The van der Waals surface area contributed by atoms with Crippen LogP contribution in [0.25, 0.3) is 10.1 Å². The van der Waals surface area contributed by atoms with E-state index < -0.39 is 0 Å². The van der Waals surface area contributed by atoms with Gasteiger partial charge in [0.2, 0.25) is 0 Å².